The van der Waals surface area contributed by atoms with Gasteiger partial charge in [0.2, 0.25) is 5.91 Å². The summed E-state index contributed by atoms with van der Waals surface area (Å²) in [5, 5.41) is 2.00. The van der Waals surface area contributed by atoms with Crippen LogP contribution in [-0.4, -0.2) is 22.6 Å². The molecular formula is C12H12BrN3O2S2. The molecule has 8 heteroatoms. The molecule has 0 unspecified atom stereocenters. The van der Waals surface area contributed by atoms with Gasteiger partial charge in [0, 0.05) is 21.3 Å². The third kappa shape index (κ3) is 4.69. The number of hydrogen-bond donors (Lipinski definition) is 3. The molecule has 0 aromatic carbocycles. The van der Waals surface area contributed by atoms with Crippen LogP contribution in [0.3, 0.4) is 0 Å². The number of hydrazine groups is 1. The Kier molecular flexibility index (Phi) is 5.69. The van der Waals surface area contributed by atoms with Gasteiger partial charge >= 0.3 is 0 Å². The molecule has 0 bridgehead atoms. The van der Waals surface area contributed by atoms with Gasteiger partial charge in [-0.2, -0.15) is 0 Å². The molecule has 0 fully saturated rings. The van der Waals surface area contributed by atoms with E-state index in [2.05, 4.69) is 31.8 Å². The topological polar surface area (TPSA) is 74.0 Å². The van der Waals surface area contributed by atoms with Crippen molar-refractivity contribution in [2.45, 2.75) is 5.75 Å². The number of halogens is 1. The number of aromatic amines is 1. The molecule has 2 aromatic rings. The van der Waals surface area contributed by atoms with Gasteiger partial charge in [0.1, 0.15) is 5.69 Å². The van der Waals surface area contributed by atoms with Crippen molar-refractivity contribution in [3.63, 3.8) is 0 Å². The van der Waals surface area contributed by atoms with E-state index in [0.717, 1.165) is 10.2 Å². The first-order valence-corrected chi connectivity index (χ1v) is 8.51. The highest BCUT2D eigenvalue weighted by atomic mass is 79.9. The second-order valence-electron chi connectivity index (χ2n) is 3.81. The van der Waals surface area contributed by atoms with Crippen molar-refractivity contribution in [1.29, 1.82) is 0 Å². The first-order valence-electron chi connectivity index (χ1n) is 5.68. The number of carbonyl (C=O) groups excluding carboxylic acids is 2. The lowest BCUT2D eigenvalue weighted by molar-refractivity contribution is -0.119. The summed E-state index contributed by atoms with van der Waals surface area (Å²) in [5.74, 6) is 0.479. The fourth-order valence-electron chi connectivity index (χ4n) is 1.37. The van der Waals surface area contributed by atoms with Gasteiger partial charge in [0.15, 0.2) is 0 Å². The van der Waals surface area contributed by atoms with E-state index in [4.69, 9.17) is 0 Å². The van der Waals surface area contributed by atoms with Crippen molar-refractivity contribution in [2.75, 3.05) is 5.75 Å². The van der Waals surface area contributed by atoms with E-state index in [9.17, 15) is 9.59 Å². The van der Waals surface area contributed by atoms with E-state index in [1.54, 1.807) is 23.6 Å². The number of thioether (sulfide) groups is 1. The Hall–Kier alpha value is -1.25. The minimum atomic E-state index is -0.382. The number of H-pyrrole nitrogens is 1. The molecule has 0 radical (unpaired) electrons. The van der Waals surface area contributed by atoms with Gasteiger partial charge in [-0.05, 0) is 33.4 Å². The van der Waals surface area contributed by atoms with E-state index in [1.165, 1.54) is 16.6 Å². The number of hydrogen-bond acceptors (Lipinski definition) is 4. The highest BCUT2D eigenvalue weighted by Crippen LogP contribution is 2.16. The molecule has 2 amide bonds. The van der Waals surface area contributed by atoms with Gasteiger partial charge in [-0.3, -0.25) is 20.4 Å². The van der Waals surface area contributed by atoms with Crippen molar-refractivity contribution in [1.82, 2.24) is 15.8 Å². The molecule has 0 aliphatic heterocycles. The summed E-state index contributed by atoms with van der Waals surface area (Å²) in [6.07, 6.45) is 1.65. The second kappa shape index (κ2) is 7.51. The molecule has 0 spiro atoms. The van der Waals surface area contributed by atoms with Gasteiger partial charge in [0.25, 0.3) is 5.91 Å². The normalized spacial score (nSPS) is 10.2. The van der Waals surface area contributed by atoms with Crippen molar-refractivity contribution < 1.29 is 9.59 Å². The van der Waals surface area contributed by atoms with Crippen molar-refractivity contribution >= 4 is 50.8 Å². The second-order valence-corrected chi connectivity index (χ2v) is 6.74. The maximum absolute atomic E-state index is 11.6. The fourth-order valence-corrected chi connectivity index (χ4v) is 3.38. The van der Waals surface area contributed by atoms with Crippen LogP contribution in [0.1, 0.15) is 15.4 Å². The first kappa shape index (κ1) is 15.1. The van der Waals surface area contributed by atoms with Crippen LogP contribution in [0.4, 0.5) is 0 Å². The predicted molar refractivity (Wildman–Crippen MR) is 84.6 cm³/mol. The van der Waals surface area contributed by atoms with Gasteiger partial charge in [-0.1, -0.05) is 6.07 Å². The Morgan fingerprint density at radius 1 is 1.40 bits per heavy atom. The largest absolute Gasteiger partial charge is 0.356 e. The Morgan fingerprint density at radius 2 is 2.25 bits per heavy atom. The van der Waals surface area contributed by atoms with Crippen LogP contribution in [0.25, 0.3) is 0 Å². The molecule has 0 saturated carbocycles. The summed E-state index contributed by atoms with van der Waals surface area (Å²) in [4.78, 5) is 27.2. The van der Waals surface area contributed by atoms with Crippen LogP contribution in [0.2, 0.25) is 0 Å². The minimum Gasteiger partial charge on any atom is -0.356 e. The highest BCUT2D eigenvalue weighted by Gasteiger charge is 2.09. The van der Waals surface area contributed by atoms with Crippen molar-refractivity contribution in [3.05, 3.63) is 44.8 Å². The van der Waals surface area contributed by atoms with Gasteiger partial charge in [-0.15, -0.1) is 23.1 Å². The van der Waals surface area contributed by atoms with E-state index in [-0.39, 0.29) is 11.8 Å². The van der Waals surface area contributed by atoms with E-state index in [0.29, 0.717) is 11.4 Å². The van der Waals surface area contributed by atoms with E-state index >= 15 is 0 Å². The quantitative estimate of drug-likeness (QED) is 0.705. The third-order valence-corrected chi connectivity index (χ3v) is 4.76. The Morgan fingerprint density at radius 3 is 2.90 bits per heavy atom. The van der Waals surface area contributed by atoms with E-state index in [1.807, 2.05) is 17.5 Å². The molecule has 5 nitrogen and oxygen atoms in total. The zero-order valence-electron chi connectivity index (χ0n) is 10.3. The number of rotatable bonds is 5. The molecule has 20 heavy (non-hydrogen) atoms. The lowest BCUT2D eigenvalue weighted by Crippen LogP contribution is -2.42. The molecule has 0 saturated heterocycles. The summed E-state index contributed by atoms with van der Waals surface area (Å²) in [5.41, 5.74) is 5.11. The zero-order chi connectivity index (χ0) is 14.4. The summed E-state index contributed by atoms with van der Waals surface area (Å²) >= 11 is 6.40. The molecule has 0 aliphatic rings. The Labute approximate surface area is 132 Å². The fraction of sp³-hybridized carbons (Fsp3) is 0.167. The number of thiophene rings is 1. The standard InChI is InChI=1S/C12H12BrN3O2S2/c13-8-4-10(14-5-8)12(18)16-15-11(17)7-19-6-9-2-1-3-20-9/h1-5,14H,6-7H2,(H,15,17)(H,16,18). The Balaban J connectivity index is 1.66. The summed E-state index contributed by atoms with van der Waals surface area (Å²) < 4.78 is 0.778. The molecule has 2 heterocycles. The van der Waals surface area contributed by atoms with Gasteiger partial charge in [-0.25, -0.2) is 0 Å². The number of amides is 2. The average molecular weight is 374 g/mol. The van der Waals surface area contributed by atoms with Gasteiger partial charge in [0.05, 0.1) is 5.75 Å². The average Bonchev–Trinajstić information content (AvgIpc) is 3.07. The van der Waals surface area contributed by atoms with Crippen molar-refractivity contribution in [3.8, 4) is 0 Å². The molecule has 2 aromatic heterocycles. The third-order valence-electron chi connectivity index (χ3n) is 2.27. The lowest BCUT2D eigenvalue weighted by atomic mass is 10.4. The smallest absolute Gasteiger partial charge is 0.286 e. The van der Waals surface area contributed by atoms with Gasteiger partial charge < -0.3 is 4.98 Å². The summed E-state index contributed by atoms with van der Waals surface area (Å²) in [6, 6.07) is 5.64. The highest BCUT2D eigenvalue weighted by molar-refractivity contribution is 9.10. The number of aromatic nitrogens is 1. The molecule has 106 valence electrons. The molecule has 3 N–H and O–H groups in total. The summed E-state index contributed by atoms with van der Waals surface area (Å²) in [7, 11) is 0. The maximum Gasteiger partial charge on any atom is 0.286 e. The molecular weight excluding hydrogens is 362 g/mol. The van der Waals surface area contributed by atoms with Crippen LogP contribution < -0.4 is 10.9 Å². The van der Waals surface area contributed by atoms with E-state index < -0.39 is 0 Å². The summed E-state index contributed by atoms with van der Waals surface area (Å²) in [6.45, 7) is 0. The van der Waals surface area contributed by atoms with Crippen LogP contribution in [0.5, 0.6) is 0 Å². The maximum atomic E-state index is 11.6. The molecule has 0 aliphatic carbocycles. The lowest BCUT2D eigenvalue weighted by Gasteiger charge is -2.05. The van der Waals surface area contributed by atoms with Crippen molar-refractivity contribution in [2.24, 2.45) is 0 Å². The zero-order valence-corrected chi connectivity index (χ0v) is 13.5. The number of carbonyl (C=O) groups is 2. The van der Waals surface area contributed by atoms with Crippen LogP contribution >= 0.6 is 39.0 Å². The number of nitrogens with one attached hydrogen (secondary N) is 3. The Bertz CT molecular complexity index is 583. The monoisotopic (exact) mass is 373 g/mol. The molecule has 2 rings (SSSR count). The first-order chi connectivity index (χ1) is 9.65. The predicted octanol–water partition coefficient (Wildman–Crippen LogP) is 2.53. The molecule has 0 atom stereocenters. The van der Waals surface area contributed by atoms with Crippen LogP contribution in [0, 0.1) is 0 Å². The minimum absolute atomic E-state index is 0.231. The SMILES string of the molecule is O=C(CSCc1cccs1)NNC(=O)c1cc(Br)c[nH]1. The van der Waals surface area contributed by atoms with Crippen LogP contribution in [-0.2, 0) is 10.5 Å². The van der Waals surface area contributed by atoms with Crippen LogP contribution in [0.15, 0.2) is 34.2 Å².